The SMILES string of the molecule is N#Cc1nccnc1NCC1(c2cccc(Br)c2)CCOCC1. The molecule has 0 unspecified atom stereocenters. The molecule has 0 radical (unpaired) electrons. The zero-order chi connectivity index (χ0) is 16.1. The van der Waals surface area contributed by atoms with Crippen molar-refractivity contribution in [2.75, 3.05) is 25.1 Å². The number of nitriles is 1. The average Bonchev–Trinajstić information content (AvgIpc) is 2.61. The van der Waals surface area contributed by atoms with E-state index in [9.17, 15) is 0 Å². The van der Waals surface area contributed by atoms with Crippen LogP contribution in [0, 0.1) is 11.3 Å². The molecule has 0 spiro atoms. The highest BCUT2D eigenvalue weighted by atomic mass is 79.9. The highest BCUT2D eigenvalue weighted by molar-refractivity contribution is 9.10. The Morgan fingerprint density at radius 2 is 2.04 bits per heavy atom. The number of aromatic nitrogens is 2. The van der Waals surface area contributed by atoms with Crippen LogP contribution in [0.1, 0.15) is 24.1 Å². The Morgan fingerprint density at radius 3 is 2.78 bits per heavy atom. The third-order valence-corrected chi connectivity index (χ3v) is 4.78. The lowest BCUT2D eigenvalue weighted by molar-refractivity contribution is 0.0543. The van der Waals surface area contributed by atoms with E-state index in [4.69, 9.17) is 10.00 Å². The summed E-state index contributed by atoms with van der Waals surface area (Å²) in [5.74, 6) is 0.538. The summed E-state index contributed by atoms with van der Waals surface area (Å²) in [6.07, 6.45) is 4.98. The van der Waals surface area contributed by atoms with Gasteiger partial charge in [0.1, 0.15) is 6.07 Å². The van der Waals surface area contributed by atoms with Crippen molar-refractivity contribution in [3.8, 4) is 6.07 Å². The molecular formula is C17H17BrN4O. The number of halogens is 1. The van der Waals surface area contributed by atoms with Gasteiger partial charge in [0.25, 0.3) is 0 Å². The van der Waals surface area contributed by atoms with Crippen molar-refractivity contribution in [1.82, 2.24) is 9.97 Å². The number of hydrogen-bond donors (Lipinski definition) is 1. The lowest BCUT2D eigenvalue weighted by atomic mass is 9.74. The van der Waals surface area contributed by atoms with Gasteiger partial charge in [-0.05, 0) is 30.5 Å². The monoisotopic (exact) mass is 372 g/mol. The van der Waals surface area contributed by atoms with Gasteiger partial charge in [0.2, 0.25) is 0 Å². The molecule has 1 aromatic heterocycles. The minimum absolute atomic E-state index is 0.0354. The number of ether oxygens (including phenoxy) is 1. The molecule has 5 nitrogen and oxygen atoms in total. The predicted octanol–water partition coefficient (Wildman–Crippen LogP) is 3.27. The van der Waals surface area contributed by atoms with Crippen LogP contribution in [-0.4, -0.2) is 29.7 Å². The molecule has 0 amide bonds. The third kappa shape index (κ3) is 3.52. The van der Waals surface area contributed by atoms with Crippen molar-refractivity contribution in [3.05, 3.63) is 52.4 Å². The Bertz CT molecular complexity index is 723. The fourth-order valence-electron chi connectivity index (χ4n) is 2.95. The van der Waals surface area contributed by atoms with E-state index in [1.807, 2.05) is 6.07 Å². The van der Waals surface area contributed by atoms with E-state index in [1.165, 1.54) is 11.8 Å². The molecule has 2 heterocycles. The summed E-state index contributed by atoms with van der Waals surface area (Å²) < 4.78 is 6.62. The zero-order valence-corrected chi connectivity index (χ0v) is 14.2. The molecule has 1 aliphatic heterocycles. The van der Waals surface area contributed by atoms with E-state index in [0.717, 1.165) is 30.5 Å². The van der Waals surface area contributed by atoms with Crippen LogP contribution < -0.4 is 5.32 Å². The molecule has 0 atom stereocenters. The molecular weight excluding hydrogens is 356 g/mol. The second-order valence-corrected chi connectivity index (χ2v) is 6.54. The predicted molar refractivity (Wildman–Crippen MR) is 91.1 cm³/mol. The Morgan fingerprint density at radius 1 is 1.26 bits per heavy atom. The standard InChI is InChI=1S/C17H17BrN4O/c18-14-3-1-2-13(10-14)17(4-8-23-9-5-17)12-22-16-15(11-19)20-6-7-21-16/h1-3,6-7,10H,4-5,8-9,12H2,(H,21,22). The van der Waals surface area contributed by atoms with Gasteiger partial charge in [0.15, 0.2) is 11.5 Å². The van der Waals surface area contributed by atoms with Gasteiger partial charge in [-0.25, -0.2) is 9.97 Å². The summed E-state index contributed by atoms with van der Waals surface area (Å²) in [4.78, 5) is 8.29. The largest absolute Gasteiger partial charge is 0.381 e. The second kappa shape index (κ2) is 7.07. The van der Waals surface area contributed by atoms with E-state index >= 15 is 0 Å². The van der Waals surface area contributed by atoms with Crippen LogP contribution in [0.4, 0.5) is 5.82 Å². The molecule has 0 saturated carbocycles. The van der Waals surface area contributed by atoms with E-state index in [-0.39, 0.29) is 5.41 Å². The van der Waals surface area contributed by atoms with Crippen molar-refractivity contribution in [2.45, 2.75) is 18.3 Å². The molecule has 1 aromatic carbocycles. The van der Waals surface area contributed by atoms with Crippen molar-refractivity contribution < 1.29 is 4.74 Å². The highest BCUT2D eigenvalue weighted by Gasteiger charge is 2.34. The van der Waals surface area contributed by atoms with Crippen LogP contribution >= 0.6 is 15.9 Å². The van der Waals surface area contributed by atoms with Gasteiger partial charge in [0, 0.05) is 42.0 Å². The molecule has 23 heavy (non-hydrogen) atoms. The number of benzene rings is 1. The van der Waals surface area contributed by atoms with Gasteiger partial charge in [-0.2, -0.15) is 5.26 Å². The zero-order valence-electron chi connectivity index (χ0n) is 12.6. The molecule has 6 heteroatoms. The van der Waals surface area contributed by atoms with Crippen LogP contribution in [0.15, 0.2) is 41.1 Å². The molecule has 0 aliphatic carbocycles. The fourth-order valence-corrected chi connectivity index (χ4v) is 3.35. The highest BCUT2D eigenvalue weighted by Crippen LogP contribution is 2.36. The Labute approximate surface area is 143 Å². The molecule has 2 aromatic rings. The Hall–Kier alpha value is -1.97. The van der Waals surface area contributed by atoms with Crippen molar-refractivity contribution in [3.63, 3.8) is 0 Å². The van der Waals surface area contributed by atoms with E-state index in [2.05, 4.69) is 55.5 Å². The van der Waals surface area contributed by atoms with Crippen LogP contribution in [0.3, 0.4) is 0 Å². The maximum Gasteiger partial charge on any atom is 0.182 e. The lowest BCUT2D eigenvalue weighted by Gasteiger charge is -2.38. The third-order valence-electron chi connectivity index (χ3n) is 4.29. The summed E-state index contributed by atoms with van der Waals surface area (Å²) in [7, 11) is 0. The molecule has 0 bridgehead atoms. The van der Waals surface area contributed by atoms with Gasteiger partial charge in [0.05, 0.1) is 0 Å². The van der Waals surface area contributed by atoms with Crippen LogP contribution in [0.2, 0.25) is 0 Å². The first-order valence-corrected chi connectivity index (χ1v) is 8.32. The lowest BCUT2D eigenvalue weighted by Crippen LogP contribution is -2.40. The van der Waals surface area contributed by atoms with Crippen LogP contribution in [-0.2, 0) is 10.2 Å². The van der Waals surface area contributed by atoms with E-state index < -0.39 is 0 Å². The van der Waals surface area contributed by atoms with Gasteiger partial charge < -0.3 is 10.1 Å². The molecule has 1 aliphatic rings. The number of rotatable bonds is 4. The Kier molecular flexibility index (Phi) is 4.89. The molecule has 1 fully saturated rings. The number of nitrogens with one attached hydrogen (secondary N) is 1. The van der Waals surface area contributed by atoms with Gasteiger partial charge >= 0.3 is 0 Å². The van der Waals surface area contributed by atoms with Crippen LogP contribution in [0.5, 0.6) is 0 Å². The quantitative estimate of drug-likeness (QED) is 0.891. The van der Waals surface area contributed by atoms with Crippen molar-refractivity contribution in [1.29, 1.82) is 5.26 Å². The first-order valence-electron chi connectivity index (χ1n) is 7.52. The van der Waals surface area contributed by atoms with Crippen molar-refractivity contribution in [2.24, 2.45) is 0 Å². The summed E-state index contributed by atoms with van der Waals surface area (Å²) in [6.45, 7) is 2.17. The van der Waals surface area contributed by atoms with Gasteiger partial charge in [-0.15, -0.1) is 0 Å². The number of hydrogen-bond acceptors (Lipinski definition) is 5. The van der Waals surface area contributed by atoms with E-state index in [1.54, 1.807) is 6.20 Å². The maximum atomic E-state index is 9.15. The maximum absolute atomic E-state index is 9.15. The van der Waals surface area contributed by atoms with Gasteiger partial charge in [-0.1, -0.05) is 28.1 Å². The van der Waals surface area contributed by atoms with E-state index in [0.29, 0.717) is 18.1 Å². The minimum atomic E-state index is -0.0354. The normalized spacial score (nSPS) is 16.5. The van der Waals surface area contributed by atoms with Crippen molar-refractivity contribution >= 4 is 21.7 Å². The first-order chi connectivity index (χ1) is 11.2. The number of nitrogens with zero attached hydrogens (tertiary/aromatic N) is 3. The molecule has 3 rings (SSSR count). The number of anilines is 1. The smallest absolute Gasteiger partial charge is 0.182 e. The molecule has 1 N–H and O–H groups in total. The van der Waals surface area contributed by atoms with Crippen LogP contribution in [0.25, 0.3) is 0 Å². The average molecular weight is 373 g/mol. The summed E-state index contributed by atoms with van der Waals surface area (Å²) >= 11 is 3.55. The summed E-state index contributed by atoms with van der Waals surface area (Å²) in [6, 6.07) is 10.5. The summed E-state index contributed by atoms with van der Waals surface area (Å²) in [5, 5.41) is 12.5. The molecule has 118 valence electrons. The van der Waals surface area contributed by atoms with Gasteiger partial charge in [-0.3, -0.25) is 0 Å². The Balaban J connectivity index is 1.87. The second-order valence-electron chi connectivity index (χ2n) is 5.62. The molecule has 1 saturated heterocycles. The first kappa shape index (κ1) is 15.9. The fraction of sp³-hybridized carbons (Fsp3) is 0.353. The topological polar surface area (TPSA) is 70.8 Å². The minimum Gasteiger partial charge on any atom is -0.381 e. The summed E-state index contributed by atoms with van der Waals surface area (Å²) in [5.41, 5.74) is 1.56.